The molecule has 39 heavy (non-hydrogen) atoms. The van der Waals surface area contributed by atoms with Crippen molar-refractivity contribution in [1.82, 2.24) is 19.9 Å². The molecule has 0 bridgehead atoms. The van der Waals surface area contributed by atoms with Gasteiger partial charge in [-0.2, -0.15) is 0 Å². The number of carbonyl (C=O) groups is 1. The predicted octanol–water partition coefficient (Wildman–Crippen LogP) is 5.22. The van der Waals surface area contributed by atoms with E-state index in [0.29, 0.717) is 24.9 Å². The van der Waals surface area contributed by atoms with Gasteiger partial charge in [-0.15, -0.1) is 0 Å². The summed E-state index contributed by atoms with van der Waals surface area (Å²) in [6, 6.07) is 7.95. The zero-order valence-electron chi connectivity index (χ0n) is 23.7. The van der Waals surface area contributed by atoms with Gasteiger partial charge in [0.25, 0.3) is 5.56 Å². The number of carbonyl (C=O) groups excluding carboxylic acids is 1. The van der Waals surface area contributed by atoms with Crippen LogP contribution in [0, 0.1) is 12.8 Å². The Hall–Kier alpha value is -4.04. The van der Waals surface area contributed by atoms with Crippen LogP contribution in [0.5, 0.6) is 5.88 Å². The Labute approximate surface area is 230 Å². The molecule has 1 unspecified atom stereocenters. The Morgan fingerprint density at radius 2 is 1.95 bits per heavy atom. The number of rotatable bonds is 12. The zero-order chi connectivity index (χ0) is 28.5. The van der Waals surface area contributed by atoms with Crippen LogP contribution in [0.15, 0.2) is 66.4 Å². The summed E-state index contributed by atoms with van der Waals surface area (Å²) >= 11 is 0. The lowest BCUT2D eigenvalue weighted by molar-refractivity contribution is -0.111. The molecule has 0 aliphatic heterocycles. The van der Waals surface area contributed by atoms with E-state index >= 15 is 0 Å². The molecule has 3 aromatic rings. The molecule has 0 aliphatic rings. The van der Waals surface area contributed by atoms with E-state index in [4.69, 9.17) is 9.72 Å². The van der Waals surface area contributed by atoms with Crippen molar-refractivity contribution >= 4 is 17.2 Å². The van der Waals surface area contributed by atoms with Gasteiger partial charge in [0.15, 0.2) is 0 Å². The molecule has 3 rings (SSSR count). The second-order valence-corrected chi connectivity index (χ2v) is 9.85. The van der Waals surface area contributed by atoms with Crippen molar-refractivity contribution in [1.29, 1.82) is 0 Å². The predicted molar refractivity (Wildman–Crippen MR) is 158 cm³/mol. The van der Waals surface area contributed by atoms with Crippen LogP contribution in [0.2, 0.25) is 0 Å². The lowest BCUT2D eigenvalue weighted by Gasteiger charge is -2.17. The number of hydrogen-bond donors (Lipinski definition) is 2. The second kappa shape index (κ2) is 13.7. The van der Waals surface area contributed by atoms with Gasteiger partial charge in [0, 0.05) is 66.2 Å². The van der Waals surface area contributed by atoms with E-state index < -0.39 is 5.91 Å². The van der Waals surface area contributed by atoms with Crippen LogP contribution >= 0.6 is 0 Å². The van der Waals surface area contributed by atoms with Crippen molar-refractivity contribution < 1.29 is 9.53 Å². The molecular formula is C31H39N5O3. The van der Waals surface area contributed by atoms with Crippen LogP contribution in [0.4, 0.5) is 5.69 Å². The molecule has 0 spiro atoms. The number of aromatic nitrogens is 3. The third-order valence-electron chi connectivity index (χ3n) is 6.50. The SMILES string of the molecule is C=CC(=O)Nc1cc(-c2cnc(C)c(/C(=C\C(C)CC)c3ccnc(OC)c3)c2)cn(CCNC(C)C)c1=O. The highest BCUT2D eigenvalue weighted by Gasteiger charge is 2.16. The van der Waals surface area contributed by atoms with E-state index in [1.54, 1.807) is 30.1 Å². The van der Waals surface area contributed by atoms with Gasteiger partial charge in [-0.1, -0.05) is 46.8 Å². The van der Waals surface area contributed by atoms with E-state index in [2.05, 4.69) is 62.0 Å². The average molecular weight is 530 g/mol. The van der Waals surface area contributed by atoms with Gasteiger partial charge in [0.05, 0.1) is 7.11 Å². The van der Waals surface area contributed by atoms with E-state index in [1.165, 1.54) is 0 Å². The molecule has 1 amide bonds. The zero-order valence-corrected chi connectivity index (χ0v) is 23.7. The number of hydrogen-bond acceptors (Lipinski definition) is 6. The largest absolute Gasteiger partial charge is 0.481 e. The molecule has 0 saturated heterocycles. The number of ether oxygens (including phenoxy) is 1. The Morgan fingerprint density at radius 1 is 1.18 bits per heavy atom. The molecule has 2 N–H and O–H groups in total. The van der Waals surface area contributed by atoms with Crippen LogP contribution in [0.3, 0.4) is 0 Å². The van der Waals surface area contributed by atoms with E-state index in [1.807, 2.05) is 25.3 Å². The number of nitrogens with zero attached hydrogens (tertiary/aromatic N) is 3. The molecule has 3 heterocycles. The fraction of sp³-hybridized carbons (Fsp3) is 0.355. The summed E-state index contributed by atoms with van der Waals surface area (Å²) in [5.74, 6) is 0.427. The maximum absolute atomic E-state index is 13.2. The first kappa shape index (κ1) is 29.5. The Morgan fingerprint density at radius 3 is 2.62 bits per heavy atom. The summed E-state index contributed by atoms with van der Waals surface area (Å²) in [7, 11) is 1.60. The summed E-state index contributed by atoms with van der Waals surface area (Å²) in [5, 5.41) is 6.00. The average Bonchev–Trinajstić information content (AvgIpc) is 2.93. The molecule has 0 aromatic carbocycles. The van der Waals surface area contributed by atoms with Gasteiger partial charge in [-0.25, -0.2) is 4.98 Å². The second-order valence-electron chi connectivity index (χ2n) is 9.85. The molecule has 206 valence electrons. The Balaban J connectivity index is 2.17. The molecule has 0 aliphatic carbocycles. The number of amides is 1. The van der Waals surface area contributed by atoms with Crippen LogP contribution in [0.1, 0.15) is 50.9 Å². The summed E-state index contributed by atoms with van der Waals surface area (Å²) in [4.78, 5) is 34.3. The van der Waals surface area contributed by atoms with Crippen molar-refractivity contribution in [2.24, 2.45) is 5.92 Å². The smallest absolute Gasteiger partial charge is 0.274 e. The third-order valence-corrected chi connectivity index (χ3v) is 6.50. The van der Waals surface area contributed by atoms with Gasteiger partial charge in [-0.05, 0) is 48.3 Å². The first-order chi connectivity index (χ1) is 18.7. The molecule has 0 radical (unpaired) electrons. The molecule has 1 atom stereocenters. The number of allylic oxidation sites excluding steroid dienone is 1. The van der Waals surface area contributed by atoms with Gasteiger partial charge < -0.3 is 19.9 Å². The molecule has 0 fully saturated rings. The molecule has 3 aromatic heterocycles. The first-order valence-electron chi connectivity index (χ1n) is 13.3. The summed E-state index contributed by atoms with van der Waals surface area (Å²) < 4.78 is 7.01. The van der Waals surface area contributed by atoms with Gasteiger partial charge >= 0.3 is 0 Å². The van der Waals surface area contributed by atoms with Crippen molar-refractivity contribution in [3.05, 3.63) is 88.8 Å². The number of anilines is 1. The maximum Gasteiger partial charge on any atom is 0.274 e. The first-order valence-corrected chi connectivity index (χ1v) is 13.3. The lowest BCUT2D eigenvalue weighted by atomic mass is 9.91. The van der Waals surface area contributed by atoms with Crippen molar-refractivity contribution in [2.45, 2.75) is 53.6 Å². The quantitative estimate of drug-likeness (QED) is 0.312. The van der Waals surface area contributed by atoms with E-state index in [0.717, 1.165) is 46.0 Å². The molecule has 8 heteroatoms. The van der Waals surface area contributed by atoms with Crippen LogP contribution in [0.25, 0.3) is 16.7 Å². The number of pyridine rings is 3. The third kappa shape index (κ3) is 7.74. The van der Waals surface area contributed by atoms with Crippen LogP contribution < -0.4 is 20.9 Å². The number of nitrogens with one attached hydrogen (secondary N) is 2. The van der Waals surface area contributed by atoms with Gasteiger partial charge in [0.1, 0.15) is 5.69 Å². The molecule has 0 saturated carbocycles. The van der Waals surface area contributed by atoms with E-state index in [-0.39, 0.29) is 17.3 Å². The fourth-order valence-electron chi connectivity index (χ4n) is 4.10. The van der Waals surface area contributed by atoms with Crippen molar-refractivity contribution in [3.8, 4) is 17.0 Å². The highest BCUT2D eigenvalue weighted by molar-refractivity contribution is 5.99. The standard InChI is InChI=1S/C31H39N5O3/c1-8-21(5)14-27(23-10-11-33-30(17-23)39-7)26-15-24(18-34-22(26)6)25-16-28(35-29(37)9-2)31(38)36(19-25)13-12-32-20(3)4/h9-11,14-21,32H,2,8,12-13H2,1,3-7H3,(H,35,37)/b27-14-. The van der Waals surface area contributed by atoms with Crippen molar-refractivity contribution in [3.63, 3.8) is 0 Å². The fourth-order valence-corrected chi connectivity index (χ4v) is 4.10. The highest BCUT2D eigenvalue weighted by Crippen LogP contribution is 2.32. The highest BCUT2D eigenvalue weighted by atomic mass is 16.5. The molecule has 8 nitrogen and oxygen atoms in total. The van der Waals surface area contributed by atoms with E-state index in [9.17, 15) is 9.59 Å². The summed E-state index contributed by atoms with van der Waals surface area (Å²) in [5.41, 5.74) is 5.36. The van der Waals surface area contributed by atoms with Crippen molar-refractivity contribution in [2.75, 3.05) is 19.0 Å². The minimum atomic E-state index is -0.441. The van der Waals surface area contributed by atoms with Crippen LogP contribution in [-0.2, 0) is 11.3 Å². The minimum absolute atomic E-state index is 0.193. The Kier molecular flexibility index (Phi) is 10.3. The number of methoxy groups -OCH3 is 1. The summed E-state index contributed by atoms with van der Waals surface area (Å²) in [6.07, 6.45) is 9.73. The monoisotopic (exact) mass is 529 g/mol. The minimum Gasteiger partial charge on any atom is -0.481 e. The maximum atomic E-state index is 13.2. The summed E-state index contributed by atoms with van der Waals surface area (Å²) in [6.45, 7) is 15.0. The topological polar surface area (TPSA) is 98.1 Å². The normalized spacial score (nSPS) is 12.3. The lowest BCUT2D eigenvalue weighted by Crippen LogP contribution is -2.32. The Bertz CT molecular complexity index is 1410. The molecular weight excluding hydrogens is 490 g/mol. The van der Waals surface area contributed by atoms with Gasteiger partial charge in [0.2, 0.25) is 11.8 Å². The van der Waals surface area contributed by atoms with Gasteiger partial charge in [-0.3, -0.25) is 14.6 Å². The number of aryl methyl sites for hydroxylation is 1. The van der Waals surface area contributed by atoms with Crippen LogP contribution in [-0.4, -0.2) is 40.1 Å².